The standard InChI is InChI=1S/C28H30ClF3N4O2S/c1-2-39-25(28(30,31)32)21-18-27(38,24-9-5-7-14-35-24)36(26(21)37)16-8-4-3-6-13-33-22-12-15-34-23-17-19(29)10-11-20(22)23/h5,7,9-12,14-15,17-18,25,38H,2-4,6,8,13,16H2,1H3,(H,33,34). The Balaban J connectivity index is 1.36. The molecule has 1 aliphatic rings. The number of unbranched alkanes of at least 4 members (excludes halogenated alkanes) is 3. The van der Waals surface area contributed by atoms with Crippen LogP contribution in [-0.2, 0) is 10.5 Å². The second kappa shape index (κ2) is 12.6. The number of nitrogens with one attached hydrogen (secondary N) is 1. The predicted molar refractivity (Wildman–Crippen MR) is 150 cm³/mol. The van der Waals surface area contributed by atoms with E-state index in [2.05, 4.69) is 15.3 Å². The van der Waals surface area contributed by atoms with Crippen LogP contribution in [-0.4, -0.2) is 56.2 Å². The van der Waals surface area contributed by atoms with Gasteiger partial charge in [0.2, 0.25) is 5.72 Å². The summed E-state index contributed by atoms with van der Waals surface area (Å²) < 4.78 is 41.5. The first kappa shape index (κ1) is 29.2. The van der Waals surface area contributed by atoms with E-state index in [-0.39, 0.29) is 18.0 Å². The van der Waals surface area contributed by atoms with E-state index in [4.69, 9.17) is 11.6 Å². The molecule has 0 fully saturated rings. The van der Waals surface area contributed by atoms with Crippen molar-refractivity contribution >= 4 is 45.9 Å². The number of benzene rings is 1. The minimum absolute atomic E-state index is 0.108. The third-order valence-electron chi connectivity index (χ3n) is 6.54. The van der Waals surface area contributed by atoms with E-state index >= 15 is 0 Å². The van der Waals surface area contributed by atoms with Crippen LogP contribution in [0.25, 0.3) is 10.9 Å². The Morgan fingerprint density at radius 3 is 2.62 bits per heavy atom. The molecule has 2 N–H and O–H groups in total. The average Bonchev–Trinajstić information content (AvgIpc) is 3.16. The number of pyridine rings is 2. The second-order valence-electron chi connectivity index (χ2n) is 9.24. The Labute approximate surface area is 234 Å². The maximum Gasteiger partial charge on any atom is 0.404 e. The molecule has 3 aromatic rings. The molecular formula is C28H30ClF3N4O2S. The van der Waals surface area contributed by atoms with E-state index in [9.17, 15) is 23.1 Å². The van der Waals surface area contributed by atoms with Crippen LogP contribution < -0.4 is 5.32 Å². The predicted octanol–water partition coefficient (Wildman–Crippen LogP) is 6.55. The van der Waals surface area contributed by atoms with Gasteiger partial charge in [0.1, 0.15) is 5.25 Å². The van der Waals surface area contributed by atoms with Gasteiger partial charge in [0.25, 0.3) is 5.91 Å². The van der Waals surface area contributed by atoms with Gasteiger partial charge in [-0.1, -0.05) is 37.4 Å². The summed E-state index contributed by atoms with van der Waals surface area (Å²) in [4.78, 5) is 22.8. The molecule has 0 spiro atoms. The Morgan fingerprint density at radius 1 is 1.10 bits per heavy atom. The van der Waals surface area contributed by atoms with Crippen LogP contribution in [0.15, 0.2) is 66.5 Å². The van der Waals surface area contributed by atoms with Gasteiger partial charge in [-0.25, -0.2) is 0 Å². The fourth-order valence-corrected chi connectivity index (χ4v) is 5.73. The molecule has 6 nitrogen and oxygen atoms in total. The second-order valence-corrected chi connectivity index (χ2v) is 11.1. The number of carbonyl (C=O) groups excluding carboxylic acids is 1. The number of thioether (sulfide) groups is 1. The van der Waals surface area contributed by atoms with Crippen molar-refractivity contribution in [3.8, 4) is 0 Å². The fourth-order valence-electron chi connectivity index (χ4n) is 4.69. The molecule has 39 heavy (non-hydrogen) atoms. The third-order valence-corrected chi connectivity index (χ3v) is 7.97. The van der Waals surface area contributed by atoms with Crippen molar-refractivity contribution in [2.24, 2.45) is 0 Å². The third kappa shape index (κ3) is 6.67. The van der Waals surface area contributed by atoms with Gasteiger partial charge in [-0.3, -0.25) is 14.8 Å². The highest BCUT2D eigenvalue weighted by atomic mass is 35.5. The Kier molecular flexibility index (Phi) is 9.40. The van der Waals surface area contributed by atoms with Gasteiger partial charge in [0.15, 0.2) is 0 Å². The van der Waals surface area contributed by atoms with Crippen LogP contribution in [0.2, 0.25) is 5.02 Å². The van der Waals surface area contributed by atoms with Crippen LogP contribution in [0.5, 0.6) is 0 Å². The zero-order valence-corrected chi connectivity index (χ0v) is 23.0. The van der Waals surface area contributed by atoms with E-state index in [1.807, 2.05) is 24.3 Å². The van der Waals surface area contributed by atoms with E-state index in [0.717, 1.165) is 53.4 Å². The lowest BCUT2D eigenvalue weighted by Crippen LogP contribution is -2.46. The average molecular weight is 579 g/mol. The molecule has 1 amide bonds. The van der Waals surface area contributed by atoms with Crippen molar-refractivity contribution in [1.29, 1.82) is 0 Å². The number of fused-ring (bicyclic) bond motifs is 1. The minimum atomic E-state index is -4.62. The smallest absolute Gasteiger partial charge is 0.384 e. The number of aromatic nitrogens is 2. The lowest BCUT2D eigenvalue weighted by molar-refractivity contribution is -0.147. The number of aliphatic hydroxyl groups is 1. The molecule has 0 aliphatic carbocycles. The number of halogens is 4. The van der Waals surface area contributed by atoms with Crippen molar-refractivity contribution < 1.29 is 23.1 Å². The minimum Gasteiger partial charge on any atom is -0.384 e. The van der Waals surface area contributed by atoms with Crippen LogP contribution in [0.3, 0.4) is 0 Å². The summed E-state index contributed by atoms with van der Waals surface area (Å²) in [5.41, 5.74) is -0.592. The molecular weight excluding hydrogens is 549 g/mol. The SMILES string of the molecule is CCSC(C1=CC(O)(c2ccccn2)N(CCCCCCNc2ccnc3cc(Cl)ccc23)C1=O)C(F)(F)F. The van der Waals surface area contributed by atoms with Gasteiger partial charge in [-0.15, -0.1) is 11.8 Å². The zero-order chi connectivity index (χ0) is 28.0. The van der Waals surface area contributed by atoms with Crippen molar-refractivity contribution in [1.82, 2.24) is 14.9 Å². The summed E-state index contributed by atoms with van der Waals surface area (Å²) in [6.07, 6.45) is 2.52. The first-order valence-corrected chi connectivity index (χ1v) is 14.2. The molecule has 11 heteroatoms. The first-order chi connectivity index (χ1) is 18.6. The van der Waals surface area contributed by atoms with E-state index in [1.165, 1.54) is 12.3 Å². The zero-order valence-electron chi connectivity index (χ0n) is 21.4. The molecule has 0 radical (unpaired) electrons. The van der Waals surface area contributed by atoms with Gasteiger partial charge >= 0.3 is 6.18 Å². The lowest BCUT2D eigenvalue weighted by Gasteiger charge is -2.32. The largest absolute Gasteiger partial charge is 0.404 e. The van der Waals surface area contributed by atoms with Crippen LogP contribution in [0.1, 0.15) is 38.3 Å². The molecule has 1 aromatic carbocycles. The van der Waals surface area contributed by atoms with E-state index in [1.54, 1.807) is 25.3 Å². The van der Waals surface area contributed by atoms with Gasteiger partial charge in [-0.05, 0) is 61.1 Å². The highest BCUT2D eigenvalue weighted by molar-refractivity contribution is 8.00. The normalized spacial score (nSPS) is 18.5. The maximum absolute atomic E-state index is 13.8. The summed E-state index contributed by atoms with van der Waals surface area (Å²) >= 11 is 6.68. The van der Waals surface area contributed by atoms with E-state index in [0.29, 0.717) is 23.2 Å². The molecule has 1 aliphatic heterocycles. The summed E-state index contributed by atoms with van der Waals surface area (Å²) in [6.45, 7) is 2.43. The molecule has 0 saturated carbocycles. The van der Waals surface area contributed by atoms with Crippen molar-refractivity contribution in [2.75, 3.05) is 24.2 Å². The lowest BCUT2D eigenvalue weighted by atomic mass is 10.1. The summed E-state index contributed by atoms with van der Waals surface area (Å²) in [6, 6.07) is 12.2. The van der Waals surface area contributed by atoms with Gasteiger partial charge in [0.05, 0.1) is 11.2 Å². The Morgan fingerprint density at radius 2 is 1.90 bits per heavy atom. The summed E-state index contributed by atoms with van der Waals surface area (Å²) in [5.74, 6) is -0.633. The number of hydrogen-bond acceptors (Lipinski definition) is 6. The van der Waals surface area contributed by atoms with Crippen LogP contribution in [0.4, 0.5) is 18.9 Å². The molecule has 2 atom stereocenters. The molecule has 2 aromatic heterocycles. The molecule has 2 unspecified atom stereocenters. The number of anilines is 1. The maximum atomic E-state index is 13.8. The number of alkyl halides is 3. The Hall–Kier alpha value is -2.82. The van der Waals surface area contributed by atoms with Gasteiger partial charge in [0, 0.05) is 47.2 Å². The van der Waals surface area contributed by atoms with Crippen LogP contribution in [0, 0.1) is 0 Å². The molecule has 0 bridgehead atoms. The summed E-state index contributed by atoms with van der Waals surface area (Å²) in [5, 5.41) is 14.5. The van der Waals surface area contributed by atoms with Gasteiger partial charge in [-0.2, -0.15) is 13.2 Å². The van der Waals surface area contributed by atoms with Gasteiger partial charge < -0.3 is 15.3 Å². The van der Waals surface area contributed by atoms with Crippen molar-refractivity contribution in [3.63, 3.8) is 0 Å². The van der Waals surface area contributed by atoms with E-state index < -0.39 is 28.6 Å². The highest BCUT2D eigenvalue weighted by Gasteiger charge is 2.53. The molecule has 3 heterocycles. The number of hydrogen-bond donors (Lipinski definition) is 2. The number of nitrogens with zero attached hydrogens (tertiary/aromatic N) is 3. The van der Waals surface area contributed by atoms with Crippen molar-refractivity contribution in [2.45, 2.75) is 49.8 Å². The van der Waals surface area contributed by atoms with Crippen molar-refractivity contribution in [3.05, 3.63) is 77.2 Å². The molecule has 4 rings (SSSR count). The number of amides is 1. The fraction of sp³-hybridized carbons (Fsp3) is 0.393. The molecule has 208 valence electrons. The van der Waals surface area contributed by atoms with Crippen LogP contribution >= 0.6 is 23.4 Å². The highest BCUT2D eigenvalue weighted by Crippen LogP contribution is 2.43. The number of rotatable bonds is 12. The monoisotopic (exact) mass is 578 g/mol. The Bertz CT molecular complexity index is 1330. The summed E-state index contributed by atoms with van der Waals surface area (Å²) in [7, 11) is 0. The quantitative estimate of drug-likeness (QED) is 0.237. The first-order valence-electron chi connectivity index (χ1n) is 12.8. The topological polar surface area (TPSA) is 78.4 Å². The molecule has 0 saturated heterocycles. The number of carbonyl (C=O) groups is 1.